The van der Waals surface area contributed by atoms with E-state index < -0.39 is 58.3 Å². The van der Waals surface area contributed by atoms with Crippen LogP contribution in [0.1, 0.15) is 125 Å². The maximum atomic E-state index is 13.1. The first-order chi connectivity index (χ1) is 22.7. The van der Waals surface area contributed by atoms with Gasteiger partial charge in [-0.1, -0.05) is 46.3 Å². The van der Waals surface area contributed by atoms with Crippen molar-refractivity contribution in [1.82, 2.24) is 0 Å². The van der Waals surface area contributed by atoms with Crippen LogP contribution in [-0.2, 0) is 33.4 Å². The number of carbonyl (C=O) groups excluding carboxylic acids is 2. The lowest BCUT2D eigenvalue weighted by Crippen LogP contribution is -2.68. The number of carboxylic acid groups (broad SMARTS) is 3. The lowest BCUT2D eigenvalue weighted by Gasteiger charge is -2.72. The Labute approximate surface area is 289 Å². The van der Waals surface area contributed by atoms with Crippen LogP contribution in [0.15, 0.2) is 11.6 Å². The number of ether oxygens (including phenoxy) is 2. The van der Waals surface area contributed by atoms with Crippen LogP contribution < -0.4 is 0 Å². The Kier molecular flexibility index (Phi) is 9.65. The molecule has 0 aromatic heterocycles. The monoisotopic (exact) mass is 688 g/mol. The molecule has 5 aliphatic carbocycles. The zero-order valence-electron chi connectivity index (χ0n) is 30.0. The molecule has 4 N–H and O–H groups in total. The lowest BCUT2D eigenvalue weighted by atomic mass is 9.33. The van der Waals surface area contributed by atoms with Crippen LogP contribution in [0.2, 0.25) is 0 Å². The van der Waals surface area contributed by atoms with Gasteiger partial charge in [-0.25, -0.2) is 0 Å². The average molecular weight is 689 g/mol. The summed E-state index contributed by atoms with van der Waals surface area (Å²) in [7, 11) is 0. The van der Waals surface area contributed by atoms with Crippen molar-refractivity contribution in [2.24, 2.45) is 50.7 Å². The Morgan fingerprint density at radius 3 is 2.02 bits per heavy atom. The van der Waals surface area contributed by atoms with Crippen LogP contribution in [0.4, 0.5) is 0 Å². The van der Waals surface area contributed by atoms with E-state index in [2.05, 4.69) is 26.8 Å². The second kappa shape index (κ2) is 12.7. The minimum atomic E-state index is -1.17. The molecule has 0 spiro atoms. The molecule has 5 rings (SSSR count). The number of rotatable bonds is 10. The maximum Gasteiger partial charge on any atom is 0.310 e. The number of esters is 2. The van der Waals surface area contributed by atoms with Crippen LogP contribution in [0.3, 0.4) is 0 Å². The van der Waals surface area contributed by atoms with E-state index in [-0.39, 0.29) is 66.3 Å². The van der Waals surface area contributed by atoms with E-state index in [9.17, 15) is 34.2 Å². The van der Waals surface area contributed by atoms with Crippen LogP contribution >= 0.6 is 0 Å². The highest BCUT2D eigenvalue weighted by Crippen LogP contribution is 2.76. The van der Waals surface area contributed by atoms with Crippen molar-refractivity contribution in [2.75, 3.05) is 6.61 Å². The molecule has 11 atom stereocenters. The van der Waals surface area contributed by atoms with Crippen LogP contribution in [0.5, 0.6) is 0 Å². The van der Waals surface area contributed by atoms with Gasteiger partial charge in [0.2, 0.25) is 0 Å². The molecule has 274 valence electrons. The second-order valence-corrected chi connectivity index (χ2v) is 17.3. The molecule has 4 saturated carbocycles. The van der Waals surface area contributed by atoms with Crippen molar-refractivity contribution in [3.05, 3.63) is 11.6 Å². The Morgan fingerprint density at radius 2 is 1.41 bits per heavy atom. The average Bonchev–Trinajstić information content (AvgIpc) is 3.01. The van der Waals surface area contributed by atoms with E-state index in [1.165, 1.54) is 0 Å². The van der Waals surface area contributed by atoms with Gasteiger partial charge in [-0.2, -0.15) is 0 Å². The topological polar surface area (TPSA) is 185 Å². The molecule has 49 heavy (non-hydrogen) atoms. The summed E-state index contributed by atoms with van der Waals surface area (Å²) in [6.45, 7) is 12.7. The van der Waals surface area contributed by atoms with Gasteiger partial charge in [0, 0.05) is 11.3 Å². The van der Waals surface area contributed by atoms with Gasteiger partial charge in [-0.3, -0.25) is 24.0 Å². The fourth-order valence-corrected chi connectivity index (χ4v) is 12.0. The Balaban J connectivity index is 1.51. The van der Waals surface area contributed by atoms with Gasteiger partial charge >= 0.3 is 29.8 Å². The number of allylic oxidation sites excluding steroid dienone is 1. The van der Waals surface area contributed by atoms with Crippen molar-refractivity contribution in [3.63, 3.8) is 0 Å². The maximum absolute atomic E-state index is 13.1. The largest absolute Gasteiger partial charge is 0.481 e. The first kappa shape index (κ1) is 37.3. The summed E-state index contributed by atoms with van der Waals surface area (Å²) in [6, 6.07) is 0. The lowest BCUT2D eigenvalue weighted by molar-refractivity contribution is -0.232. The number of aliphatic carboxylic acids is 3. The van der Waals surface area contributed by atoms with Gasteiger partial charge < -0.3 is 29.9 Å². The summed E-state index contributed by atoms with van der Waals surface area (Å²) in [4.78, 5) is 60.9. The first-order valence-electron chi connectivity index (χ1n) is 18.1. The summed E-state index contributed by atoms with van der Waals surface area (Å²) in [5.41, 5.74) is -2.76. The molecule has 0 aromatic carbocycles. The molecule has 5 aliphatic rings. The Hall–Kier alpha value is -2.95. The zero-order valence-corrected chi connectivity index (χ0v) is 30.0. The molecule has 0 aliphatic heterocycles. The molecule has 0 saturated heterocycles. The molecule has 0 radical (unpaired) electrons. The molecular weight excluding hydrogens is 632 g/mol. The second-order valence-electron chi connectivity index (χ2n) is 17.3. The van der Waals surface area contributed by atoms with Gasteiger partial charge in [0.1, 0.15) is 12.7 Å². The van der Waals surface area contributed by atoms with E-state index >= 15 is 0 Å². The van der Waals surface area contributed by atoms with Gasteiger partial charge in [0.25, 0.3) is 0 Å². The predicted molar refractivity (Wildman–Crippen MR) is 177 cm³/mol. The first-order valence-corrected chi connectivity index (χ1v) is 18.1. The molecule has 11 heteroatoms. The molecule has 11 nitrogen and oxygen atoms in total. The summed E-state index contributed by atoms with van der Waals surface area (Å²) in [5.74, 6) is -4.68. The molecular formula is C38H56O11. The fourth-order valence-electron chi connectivity index (χ4n) is 12.0. The Morgan fingerprint density at radius 1 is 0.776 bits per heavy atom. The molecule has 3 unspecified atom stereocenters. The highest BCUT2D eigenvalue weighted by atomic mass is 16.6. The summed E-state index contributed by atoms with van der Waals surface area (Å²) < 4.78 is 11.7. The van der Waals surface area contributed by atoms with Crippen molar-refractivity contribution < 1.29 is 53.9 Å². The van der Waals surface area contributed by atoms with Gasteiger partial charge in [0.15, 0.2) is 0 Å². The standard InChI is InChI=1S/C38H56O11/c1-22-13-18-38(32(45)46)20-19-35(4)23(31(38)37(22,6)47)7-8-25-33(2)16-15-26(49-30(44)12-10-28(41)42)34(3,24(33)14-17-36(25,35)5)21-48-29(43)11-9-27(39)40/h7,22,24-26,31,47H,8-21H2,1-6H3,(H,39,40)(H,41,42)(H,45,46)/t22-,24?,25?,26+,31?,33+,34+,35-,36-,37-,38+/m1/s1. The number of hydrogen-bond donors (Lipinski definition) is 4. The normalized spacial score (nSPS) is 44.1. The van der Waals surface area contributed by atoms with E-state index in [0.29, 0.717) is 38.5 Å². The summed E-state index contributed by atoms with van der Waals surface area (Å²) in [6.07, 6.45) is 6.29. The number of hydrogen-bond acceptors (Lipinski definition) is 8. The van der Waals surface area contributed by atoms with E-state index in [0.717, 1.165) is 24.8 Å². The van der Waals surface area contributed by atoms with E-state index in [4.69, 9.17) is 19.7 Å². The molecule has 4 fully saturated rings. The quantitative estimate of drug-likeness (QED) is 0.156. The van der Waals surface area contributed by atoms with E-state index in [1.54, 1.807) is 0 Å². The number of aliphatic hydroxyl groups is 1. The molecule has 0 heterocycles. The summed E-state index contributed by atoms with van der Waals surface area (Å²) in [5, 5.41) is 41.0. The van der Waals surface area contributed by atoms with Crippen LogP contribution in [-0.4, -0.2) is 68.6 Å². The van der Waals surface area contributed by atoms with Crippen molar-refractivity contribution in [1.29, 1.82) is 0 Å². The number of carbonyl (C=O) groups is 5. The number of carboxylic acids is 3. The van der Waals surface area contributed by atoms with Crippen molar-refractivity contribution in [3.8, 4) is 0 Å². The third kappa shape index (κ3) is 5.79. The van der Waals surface area contributed by atoms with Gasteiger partial charge in [-0.15, -0.1) is 0 Å². The third-order valence-electron chi connectivity index (χ3n) is 15.1. The van der Waals surface area contributed by atoms with Crippen molar-refractivity contribution >= 4 is 29.8 Å². The Bertz CT molecular complexity index is 1420. The highest BCUT2D eigenvalue weighted by Gasteiger charge is 2.72. The van der Waals surface area contributed by atoms with E-state index in [1.807, 2.05) is 20.8 Å². The van der Waals surface area contributed by atoms with Gasteiger partial charge in [-0.05, 0) is 98.7 Å². The van der Waals surface area contributed by atoms with Crippen LogP contribution in [0, 0.1) is 50.7 Å². The highest BCUT2D eigenvalue weighted by molar-refractivity contribution is 5.78. The SMILES string of the molecule is C[C@@H]1CC[C@]2(C(=O)O)CC[C@]3(C)C(=CCC4[C@@]5(C)CC[C@H](OC(=O)CCC(=O)O)[C@@](C)(COC(=O)CCC(=O)O)C5CC[C@]43C)C2[C@]1(C)O. The van der Waals surface area contributed by atoms with Crippen molar-refractivity contribution in [2.45, 2.75) is 137 Å². The predicted octanol–water partition coefficient (Wildman–Crippen LogP) is 6.01. The smallest absolute Gasteiger partial charge is 0.310 e. The van der Waals surface area contributed by atoms with Gasteiger partial charge in [0.05, 0.1) is 36.7 Å². The molecule has 0 aromatic rings. The third-order valence-corrected chi connectivity index (χ3v) is 15.1. The fraction of sp³-hybridized carbons (Fsp3) is 0.816. The zero-order chi connectivity index (χ0) is 36.4. The molecule has 0 bridgehead atoms. The summed E-state index contributed by atoms with van der Waals surface area (Å²) >= 11 is 0. The molecule has 0 amide bonds. The minimum absolute atomic E-state index is 0.0422. The van der Waals surface area contributed by atoms with Crippen LogP contribution in [0.25, 0.3) is 0 Å². The minimum Gasteiger partial charge on any atom is -0.481 e. The number of fused-ring (bicyclic) bond motifs is 7.